The summed E-state index contributed by atoms with van der Waals surface area (Å²) in [7, 11) is 0. The average Bonchev–Trinajstić information content (AvgIpc) is 2.50. The summed E-state index contributed by atoms with van der Waals surface area (Å²) >= 11 is 3.41. The molecule has 0 spiro atoms. The van der Waals surface area contributed by atoms with E-state index in [0.29, 0.717) is 17.7 Å². The van der Waals surface area contributed by atoms with Crippen LogP contribution in [0.1, 0.15) is 21.5 Å². The van der Waals surface area contributed by atoms with E-state index in [-0.39, 0.29) is 5.91 Å². The van der Waals surface area contributed by atoms with Crippen LogP contribution in [0.5, 0.6) is 0 Å². The Bertz CT molecular complexity index is 757. The fourth-order valence-electron chi connectivity index (χ4n) is 2.41. The topological polar surface area (TPSA) is 55.4 Å². The first-order chi connectivity index (χ1) is 10.5. The fraction of sp³-hybridized carbons (Fsp3) is 0.176. The van der Waals surface area contributed by atoms with Gasteiger partial charge in [0.05, 0.1) is 11.3 Å². The monoisotopic (exact) mass is 359 g/mol. The Morgan fingerprint density at radius 3 is 2.82 bits per heavy atom. The van der Waals surface area contributed by atoms with Crippen molar-refractivity contribution in [1.82, 2.24) is 0 Å². The molecule has 0 aliphatic carbocycles. The lowest BCUT2D eigenvalue weighted by Gasteiger charge is -2.24. The van der Waals surface area contributed by atoms with Gasteiger partial charge in [0.25, 0.3) is 5.91 Å². The van der Waals surface area contributed by atoms with Crippen LogP contribution in [0.25, 0.3) is 0 Å². The SMILES string of the molecule is Cc1ccc(NC(=O)[C@@H]2Cc3ccccc3C(=O)O2)c(Br)c1. The molecule has 0 bridgehead atoms. The van der Waals surface area contributed by atoms with Crippen molar-refractivity contribution in [3.63, 3.8) is 0 Å². The number of cyclic esters (lactones) is 1. The Balaban J connectivity index is 1.78. The van der Waals surface area contributed by atoms with Gasteiger partial charge in [-0.3, -0.25) is 4.79 Å². The van der Waals surface area contributed by atoms with E-state index >= 15 is 0 Å². The summed E-state index contributed by atoms with van der Waals surface area (Å²) in [6, 6.07) is 12.8. The second kappa shape index (κ2) is 5.93. The molecular formula is C17H14BrNO3. The fourth-order valence-corrected chi connectivity index (χ4v) is 3.00. The lowest BCUT2D eigenvalue weighted by Crippen LogP contribution is -2.38. The molecule has 1 N–H and O–H groups in total. The van der Waals surface area contributed by atoms with Crippen molar-refractivity contribution in [1.29, 1.82) is 0 Å². The first-order valence-corrected chi connectivity index (χ1v) is 7.70. The summed E-state index contributed by atoms with van der Waals surface area (Å²) in [5, 5.41) is 2.80. The molecule has 1 aliphatic rings. The van der Waals surface area contributed by atoms with E-state index < -0.39 is 12.1 Å². The number of benzene rings is 2. The van der Waals surface area contributed by atoms with Crippen LogP contribution in [0.3, 0.4) is 0 Å². The summed E-state index contributed by atoms with van der Waals surface area (Å²) < 4.78 is 6.04. The highest BCUT2D eigenvalue weighted by molar-refractivity contribution is 9.10. The Kier molecular flexibility index (Phi) is 3.98. The van der Waals surface area contributed by atoms with Gasteiger partial charge in [0.15, 0.2) is 6.10 Å². The second-order valence-corrected chi connectivity index (χ2v) is 6.08. The third-order valence-corrected chi connectivity index (χ3v) is 4.22. The highest BCUT2D eigenvalue weighted by Gasteiger charge is 2.31. The smallest absolute Gasteiger partial charge is 0.339 e. The van der Waals surface area contributed by atoms with Gasteiger partial charge in [0.1, 0.15) is 0 Å². The molecule has 0 unspecified atom stereocenters. The molecule has 1 aliphatic heterocycles. The molecule has 0 fully saturated rings. The number of amides is 1. The van der Waals surface area contributed by atoms with Crippen molar-refractivity contribution in [2.24, 2.45) is 0 Å². The largest absolute Gasteiger partial charge is 0.448 e. The number of nitrogens with one attached hydrogen (secondary N) is 1. The van der Waals surface area contributed by atoms with Gasteiger partial charge < -0.3 is 10.1 Å². The molecule has 1 heterocycles. The molecule has 3 rings (SSSR count). The van der Waals surface area contributed by atoms with E-state index in [2.05, 4.69) is 21.2 Å². The second-order valence-electron chi connectivity index (χ2n) is 5.23. The predicted octanol–water partition coefficient (Wildman–Crippen LogP) is 3.48. The summed E-state index contributed by atoms with van der Waals surface area (Å²) in [6.45, 7) is 1.97. The number of esters is 1. The highest BCUT2D eigenvalue weighted by atomic mass is 79.9. The van der Waals surface area contributed by atoms with Crippen molar-refractivity contribution in [3.05, 3.63) is 63.6 Å². The maximum Gasteiger partial charge on any atom is 0.339 e. The molecule has 112 valence electrons. The van der Waals surface area contributed by atoms with E-state index in [4.69, 9.17) is 4.74 Å². The van der Waals surface area contributed by atoms with Crippen LogP contribution >= 0.6 is 15.9 Å². The Morgan fingerprint density at radius 1 is 1.27 bits per heavy atom. The zero-order valence-corrected chi connectivity index (χ0v) is 13.5. The van der Waals surface area contributed by atoms with Crippen molar-refractivity contribution in [2.75, 3.05) is 5.32 Å². The van der Waals surface area contributed by atoms with Crippen LogP contribution in [0.4, 0.5) is 5.69 Å². The van der Waals surface area contributed by atoms with Crippen molar-refractivity contribution < 1.29 is 14.3 Å². The van der Waals surface area contributed by atoms with Crippen molar-refractivity contribution >= 4 is 33.5 Å². The zero-order chi connectivity index (χ0) is 15.7. The number of aryl methyl sites for hydroxylation is 1. The third kappa shape index (κ3) is 2.90. The molecule has 2 aromatic carbocycles. The number of carbonyl (C=O) groups excluding carboxylic acids is 2. The minimum atomic E-state index is -0.810. The Hall–Kier alpha value is -2.14. The van der Waals surface area contributed by atoms with Gasteiger partial charge in [-0.2, -0.15) is 0 Å². The number of hydrogen-bond acceptors (Lipinski definition) is 3. The number of carbonyl (C=O) groups is 2. The first-order valence-electron chi connectivity index (χ1n) is 6.90. The molecule has 1 atom stereocenters. The summed E-state index contributed by atoms with van der Waals surface area (Å²) in [6.07, 6.45) is -0.423. The molecular weight excluding hydrogens is 346 g/mol. The molecule has 22 heavy (non-hydrogen) atoms. The van der Waals surface area contributed by atoms with Gasteiger partial charge in [-0.25, -0.2) is 4.79 Å². The molecule has 0 aromatic heterocycles. The van der Waals surface area contributed by atoms with E-state index in [1.807, 2.05) is 37.3 Å². The third-order valence-electron chi connectivity index (χ3n) is 3.57. The van der Waals surface area contributed by atoms with Gasteiger partial charge in [0, 0.05) is 10.9 Å². The molecule has 2 aromatic rings. The minimum Gasteiger partial charge on any atom is -0.448 e. The van der Waals surface area contributed by atoms with Crippen molar-refractivity contribution in [3.8, 4) is 0 Å². The molecule has 4 nitrogen and oxygen atoms in total. The predicted molar refractivity (Wildman–Crippen MR) is 86.9 cm³/mol. The zero-order valence-electron chi connectivity index (χ0n) is 11.9. The van der Waals surface area contributed by atoms with Crippen LogP contribution in [0.15, 0.2) is 46.9 Å². The maximum atomic E-state index is 12.4. The van der Waals surface area contributed by atoms with E-state index in [1.165, 1.54) is 0 Å². The van der Waals surface area contributed by atoms with E-state index in [1.54, 1.807) is 12.1 Å². The lowest BCUT2D eigenvalue weighted by atomic mass is 9.98. The molecule has 0 saturated carbocycles. The lowest BCUT2D eigenvalue weighted by molar-refractivity contribution is -0.125. The molecule has 5 heteroatoms. The van der Waals surface area contributed by atoms with Gasteiger partial charge in [-0.1, -0.05) is 24.3 Å². The molecule has 0 radical (unpaired) electrons. The number of halogens is 1. The Labute approximate surface area is 136 Å². The van der Waals surface area contributed by atoms with Crippen LogP contribution in [0.2, 0.25) is 0 Å². The van der Waals surface area contributed by atoms with E-state index in [9.17, 15) is 9.59 Å². The quantitative estimate of drug-likeness (QED) is 0.835. The molecule has 1 amide bonds. The van der Waals surface area contributed by atoms with Crippen LogP contribution in [0, 0.1) is 6.92 Å². The van der Waals surface area contributed by atoms with Crippen LogP contribution in [-0.2, 0) is 16.0 Å². The summed E-state index contributed by atoms with van der Waals surface area (Å²) in [5.41, 5.74) is 3.11. The Morgan fingerprint density at radius 2 is 2.05 bits per heavy atom. The van der Waals surface area contributed by atoms with Gasteiger partial charge in [-0.15, -0.1) is 0 Å². The molecule has 0 saturated heterocycles. The normalized spacial score (nSPS) is 16.6. The number of ether oxygens (including phenoxy) is 1. The van der Waals surface area contributed by atoms with Crippen LogP contribution in [-0.4, -0.2) is 18.0 Å². The van der Waals surface area contributed by atoms with E-state index in [0.717, 1.165) is 15.6 Å². The van der Waals surface area contributed by atoms with Crippen LogP contribution < -0.4 is 5.32 Å². The van der Waals surface area contributed by atoms with Crippen molar-refractivity contribution in [2.45, 2.75) is 19.4 Å². The standard InChI is InChI=1S/C17H14BrNO3/c1-10-6-7-14(13(18)8-10)19-16(20)15-9-11-4-2-3-5-12(11)17(21)22-15/h2-8,15H,9H2,1H3,(H,19,20)/t15-/m0/s1. The van der Waals surface area contributed by atoms with Gasteiger partial charge >= 0.3 is 5.97 Å². The van der Waals surface area contributed by atoms with Gasteiger partial charge in [0.2, 0.25) is 0 Å². The summed E-state index contributed by atoms with van der Waals surface area (Å²) in [5.74, 6) is -0.780. The highest BCUT2D eigenvalue weighted by Crippen LogP contribution is 2.25. The average molecular weight is 360 g/mol. The number of fused-ring (bicyclic) bond motifs is 1. The van der Waals surface area contributed by atoms with Gasteiger partial charge in [-0.05, 0) is 52.2 Å². The number of hydrogen-bond donors (Lipinski definition) is 1. The number of anilines is 1. The minimum absolute atomic E-state index is 0.326. The maximum absolute atomic E-state index is 12.4. The summed E-state index contributed by atoms with van der Waals surface area (Å²) in [4.78, 5) is 24.3. The first kappa shape index (κ1) is 14.8. The number of rotatable bonds is 2.